The minimum Gasteiger partial charge on any atom is -0.497 e. The lowest BCUT2D eigenvalue weighted by atomic mass is 9.74. The average molecular weight is 588 g/mol. The molecule has 1 atom stereocenters. The largest absolute Gasteiger partial charge is 0.497 e. The SMILES string of the molecule is COc1ccc2ncc(CN3CCOCC3)c(C(F)CCC3(C(=O)O)CCN(CCSc4cccs4)CC3)c2c1. The summed E-state index contributed by atoms with van der Waals surface area (Å²) in [6.45, 7) is 5.87. The van der Waals surface area contributed by atoms with Crippen LogP contribution in [0.15, 0.2) is 46.1 Å². The standard InChI is InChI=1S/C30H38FN3O4S2/c1-37-23-4-5-26-24(19-23)28(22(20-32-26)21-34-12-15-38-16-13-34)25(31)6-7-30(29(35)36)8-10-33(11-9-30)14-18-40-27-3-2-17-39-27/h2-5,17,19-20,25H,6-16,18,21H2,1H3,(H,35,36). The molecule has 1 unspecified atom stereocenters. The molecule has 3 aromatic rings. The molecule has 0 amide bonds. The molecule has 1 N–H and O–H groups in total. The Morgan fingerprint density at radius 2 is 2.02 bits per heavy atom. The summed E-state index contributed by atoms with van der Waals surface area (Å²) >= 11 is 3.59. The Morgan fingerprint density at radius 1 is 1.23 bits per heavy atom. The number of pyridine rings is 1. The van der Waals surface area contributed by atoms with Crippen molar-refractivity contribution >= 4 is 40.0 Å². The van der Waals surface area contributed by atoms with Crippen molar-refractivity contribution in [2.24, 2.45) is 5.41 Å². The van der Waals surface area contributed by atoms with Gasteiger partial charge in [-0.3, -0.25) is 14.7 Å². The highest BCUT2D eigenvalue weighted by molar-refractivity contribution is 8.01. The third-order valence-corrected chi connectivity index (χ3v) is 10.4. The second kappa shape index (κ2) is 13.6. The van der Waals surface area contributed by atoms with Crippen molar-refractivity contribution in [2.75, 3.05) is 58.8 Å². The normalized spacial score (nSPS) is 19.1. The number of aromatic nitrogens is 1. The van der Waals surface area contributed by atoms with Gasteiger partial charge in [0.15, 0.2) is 0 Å². The fraction of sp³-hybridized carbons (Fsp3) is 0.533. The number of ether oxygens (including phenoxy) is 2. The van der Waals surface area contributed by atoms with Gasteiger partial charge in [0, 0.05) is 49.1 Å². The molecular weight excluding hydrogens is 549 g/mol. The number of likely N-dealkylation sites (tertiary alicyclic amines) is 1. The number of thioether (sulfide) groups is 1. The van der Waals surface area contributed by atoms with E-state index in [4.69, 9.17) is 9.47 Å². The number of carboxylic acids is 1. The molecule has 0 aliphatic carbocycles. The maximum Gasteiger partial charge on any atom is 0.309 e. The zero-order valence-corrected chi connectivity index (χ0v) is 24.7. The highest BCUT2D eigenvalue weighted by Crippen LogP contribution is 2.42. The Hall–Kier alpha value is -2.24. The topological polar surface area (TPSA) is 75.1 Å². The van der Waals surface area contributed by atoms with Crippen molar-refractivity contribution in [1.82, 2.24) is 14.8 Å². The molecular formula is C30H38FN3O4S2. The zero-order valence-electron chi connectivity index (χ0n) is 23.0. The predicted molar refractivity (Wildman–Crippen MR) is 158 cm³/mol. The third-order valence-electron chi connectivity index (χ3n) is 8.30. The lowest BCUT2D eigenvalue weighted by Gasteiger charge is -2.39. The number of halogens is 1. The van der Waals surface area contributed by atoms with Gasteiger partial charge in [-0.05, 0) is 74.0 Å². The number of piperidine rings is 1. The number of carbonyl (C=O) groups is 1. The van der Waals surface area contributed by atoms with Gasteiger partial charge in [0.25, 0.3) is 0 Å². The monoisotopic (exact) mass is 587 g/mol. The van der Waals surface area contributed by atoms with Gasteiger partial charge in [-0.25, -0.2) is 4.39 Å². The van der Waals surface area contributed by atoms with Crippen LogP contribution < -0.4 is 4.74 Å². The smallest absolute Gasteiger partial charge is 0.309 e. The summed E-state index contributed by atoms with van der Waals surface area (Å²) < 4.78 is 28.6. The number of benzene rings is 1. The van der Waals surface area contributed by atoms with E-state index in [0.29, 0.717) is 55.9 Å². The second-order valence-corrected chi connectivity index (χ2v) is 13.0. The van der Waals surface area contributed by atoms with E-state index in [1.54, 1.807) is 24.6 Å². The molecule has 0 spiro atoms. The Bertz CT molecular complexity index is 1260. The first-order valence-corrected chi connectivity index (χ1v) is 15.9. The van der Waals surface area contributed by atoms with E-state index in [1.807, 2.05) is 30.0 Å². The number of thiophene rings is 1. The summed E-state index contributed by atoms with van der Waals surface area (Å²) in [6, 6.07) is 9.73. The Morgan fingerprint density at radius 3 is 2.73 bits per heavy atom. The molecule has 2 aliphatic heterocycles. The van der Waals surface area contributed by atoms with Crippen molar-refractivity contribution in [3.8, 4) is 5.75 Å². The van der Waals surface area contributed by atoms with Crippen LogP contribution in [-0.2, 0) is 16.1 Å². The minimum absolute atomic E-state index is 0.160. The summed E-state index contributed by atoms with van der Waals surface area (Å²) in [4.78, 5) is 21.8. The van der Waals surface area contributed by atoms with Crippen LogP contribution in [0.3, 0.4) is 0 Å². The average Bonchev–Trinajstić information content (AvgIpc) is 3.50. The van der Waals surface area contributed by atoms with E-state index in [2.05, 4.69) is 32.3 Å². The number of fused-ring (bicyclic) bond motifs is 1. The molecule has 5 rings (SSSR count). The fourth-order valence-corrected chi connectivity index (χ4v) is 7.66. The summed E-state index contributed by atoms with van der Waals surface area (Å²) in [6.07, 6.45) is 2.05. The van der Waals surface area contributed by atoms with Crippen LogP contribution in [0.1, 0.15) is 43.0 Å². The Labute approximate surface area is 243 Å². The minimum atomic E-state index is -1.30. The van der Waals surface area contributed by atoms with Gasteiger partial charge in [0.05, 0.1) is 35.5 Å². The van der Waals surface area contributed by atoms with Gasteiger partial charge in [-0.1, -0.05) is 6.07 Å². The number of carboxylic acid groups (broad SMARTS) is 1. The molecule has 0 bridgehead atoms. The first-order chi connectivity index (χ1) is 19.5. The van der Waals surface area contributed by atoms with Gasteiger partial charge >= 0.3 is 5.97 Å². The molecule has 0 radical (unpaired) electrons. The number of morpholine rings is 1. The van der Waals surface area contributed by atoms with Crippen molar-refractivity contribution in [1.29, 1.82) is 0 Å². The first-order valence-electron chi connectivity index (χ1n) is 14.0. The van der Waals surface area contributed by atoms with Gasteiger partial charge in [-0.2, -0.15) is 0 Å². The quantitative estimate of drug-likeness (QED) is 0.263. The van der Waals surface area contributed by atoms with Gasteiger partial charge in [-0.15, -0.1) is 23.1 Å². The lowest BCUT2D eigenvalue weighted by molar-refractivity contribution is -0.153. The highest BCUT2D eigenvalue weighted by atomic mass is 32.2. The molecule has 7 nitrogen and oxygen atoms in total. The molecule has 40 heavy (non-hydrogen) atoms. The van der Waals surface area contributed by atoms with E-state index >= 15 is 4.39 Å². The second-order valence-electron chi connectivity index (χ2n) is 10.7. The van der Waals surface area contributed by atoms with Gasteiger partial charge in [0.1, 0.15) is 11.9 Å². The van der Waals surface area contributed by atoms with E-state index in [9.17, 15) is 9.90 Å². The summed E-state index contributed by atoms with van der Waals surface area (Å²) in [7, 11) is 1.60. The van der Waals surface area contributed by atoms with Crippen LogP contribution in [0.2, 0.25) is 0 Å². The number of hydrogen-bond acceptors (Lipinski definition) is 8. The van der Waals surface area contributed by atoms with Gasteiger partial charge in [0.2, 0.25) is 0 Å². The van der Waals surface area contributed by atoms with Crippen LogP contribution in [0.25, 0.3) is 10.9 Å². The number of rotatable bonds is 12. The molecule has 1 aromatic carbocycles. The number of methoxy groups -OCH3 is 1. The van der Waals surface area contributed by atoms with Gasteiger partial charge < -0.3 is 19.5 Å². The number of alkyl halides is 1. The Balaban J connectivity index is 1.28. The lowest BCUT2D eigenvalue weighted by Crippen LogP contribution is -2.45. The summed E-state index contributed by atoms with van der Waals surface area (Å²) in [5.74, 6) is 0.831. The van der Waals surface area contributed by atoms with E-state index < -0.39 is 17.6 Å². The number of nitrogens with zero attached hydrogens (tertiary/aromatic N) is 3. The molecule has 10 heteroatoms. The third kappa shape index (κ3) is 6.97. The fourth-order valence-electron chi connectivity index (χ4n) is 5.80. The van der Waals surface area contributed by atoms with Crippen LogP contribution in [0, 0.1) is 5.41 Å². The zero-order chi connectivity index (χ0) is 28.0. The molecule has 2 fully saturated rings. The van der Waals surface area contributed by atoms with Crippen LogP contribution in [0.5, 0.6) is 5.75 Å². The number of hydrogen-bond donors (Lipinski definition) is 1. The molecule has 2 aliphatic rings. The predicted octanol–water partition coefficient (Wildman–Crippen LogP) is 5.89. The maximum atomic E-state index is 16.4. The molecule has 0 saturated carbocycles. The highest BCUT2D eigenvalue weighted by Gasteiger charge is 2.42. The maximum absolute atomic E-state index is 16.4. The van der Waals surface area contributed by atoms with E-state index in [0.717, 1.165) is 49.4 Å². The first kappa shape index (κ1) is 29.3. The molecule has 216 valence electrons. The van der Waals surface area contributed by atoms with Crippen molar-refractivity contribution in [3.05, 3.63) is 53.0 Å². The summed E-state index contributed by atoms with van der Waals surface area (Å²) in [5.41, 5.74) is 1.27. The van der Waals surface area contributed by atoms with Crippen LogP contribution >= 0.6 is 23.1 Å². The molecule has 2 saturated heterocycles. The Kier molecular flexibility index (Phi) is 9.96. The van der Waals surface area contributed by atoms with Crippen LogP contribution in [-0.4, -0.2) is 84.7 Å². The molecule has 4 heterocycles. The van der Waals surface area contributed by atoms with E-state index in [1.165, 1.54) is 4.21 Å². The van der Waals surface area contributed by atoms with Crippen molar-refractivity contribution in [3.63, 3.8) is 0 Å². The molecule has 2 aromatic heterocycles. The van der Waals surface area contributed by atoms with Crippen LogP contribution in [0.4, 0.5) is 4.39 Å². The summed E-state index contributed by atoms with van der Waals surface area (Å²) in [5, 5.41) is 13.1. The van der Waals surface area contributed by atoms with Crippen molar-refractivity contribution in [2.45, 2.75) is 42.6 Å². The van der Waals surface area contributed by atoms with Crippen molar-refractivity contribution < 1.29 is 23.8 Å². The van der Waals surface area contributed by atoms with E-state index in [-0.39, 0.29) is 6.42 Å². The number of aliphatic carboxylic acids is 1.